The lowest BCUT2D eigenvalue weighted by Gasteiger charge is -2.10. The predicted octanol–water partition coefficient (Wildman–Crippen LogP) is 4.11. The van der Waals surface area contributed by atoms with Gasteiger partial charge in [-0.05, 0) is 44.0 Å². The van der Waals surface area contributed by atoms with Crippen LogP contribution in [0.25, 0.3) is 11.0 Å². The third-order valence-corrected chi connectivity index (χ3v) is 4.67. The molecule has 0 radical (unpaired) electrons. The Labute approximate surface area is 166 Å². The molecule has 0 amide bonds. The Balaban J connectivity index is 1.88. The number of rotatable bonds is 6. The molecule has 8 heteroatoms. The molecule has 0 saturated carbocycles. The van der Waals surface area contributed by atoms with Gasteiger partial charge in [-0.3, -0.25) is 10.1 Å². The number of nitrogens with zero attached hydrogens (tertiary/aromatic N) is 1. The molecule has 0 atom stereocenters. The first-order chi connectivity index (χ1) is 13.8. The summed E-state index contributed by atoms with van der Waals surface area (Å²) in [6.45, 7) is 5.92. The first-order valence-corrected chi connectivity index (χ1v) is 9.04. The number of aryl methyl sites for hydroxylation is 2. The van der Waals surface area contributed by atoms with Crippen molar-refractivity contribution in [1.82, 2.24) is 0 Å². The van der Waals surface area contributed by atoms with E-state index < -0.39 is 16.5 Å². The molecule has 0 aliphatic carbocycles. The zero-order chi connectivity index (χ0) is 21.1. The third kappa shape index (κ3) is 4.11. The van der Waals surface area contributed by atoms with Crippen LogP contribution < -0.4 is 10.9 Å². The number of benzene rings is 2. The molecule has 1 heterocycles. The molecule has 0 bridgehead atoms. The Morgan fingerprint density at radius 1 is 1.21 bits per heavy atom. The van der Waals surface area contributed by atoms with E-state index in [1.807, 2.05) is 26.8 Å². The van der Waals surface area contributed by atoms with Gasteiger partial charge in [0.2, 0.25) is 0 Å². The summed E-state index contributed by atoms with van der Waals surface area (Å²) in [7, 11) is 0. The molecular formula is C21H20N2O6. The maximum absolute atomic E-state index is 12.4. The summed E-state index contributed by atoms with van der Waals surface area (Å²) in [6.07, 6.45) is 0. The van der Waals surface area contributed by atoms with E-state index in [0.717, 1.165) is 11.1 Å². The number of hydrogen-bond donors (Lipinski definition) is 1. The van der Waals surface area contributed by atoms with Crippen LogP contribution in [0.1, 0.15) is 34.0 Å². The molecule has 150 valence electrons. The summed E-state index contributed by atoms with van der Waals surface area (Å²) in [5.74, 6) is -0.721. The molecule has 2 aromatic carbocycles. The first-order valence-electron chi connectivity index (χ1n) is 9.04. The van der Waals surface area contributed by atoms with Gasteiger partial charge in [-0.1, -0.05) is 12.1 Å². The fraction of sp³-hybridized carbons (Fsp3) is 0.238. The van der Waals surface area contributed by atoms with Crippen LogP contribution in [-0.2, 0) is 11.3 Å². The van der Waals surface area contributed by atoms with Crippen LogP contribution in [0.5, 0.6) is 0 Å². The Kier molecular flexibility index (Phi) is 5.63. The second kappa shape index (κ2) is 8.14. The first kappa shape index (κ1) is 20.1. The van der Waals surface area contributed by atoms with Gasteiger partial charge in [0.1, 0.15) is 17.9 Å². The van der Waals surface area contributed by atoms with Crippen molar-refractivity contribution in [3.05, 3.63) is 79.2 Å². The van der Waals surface area contributed by atoms with E-state index in [0.29, 0.717) is 28.8 Å². The van der Waals surface area contributed by atoms with Crippen LogP contribution in [0.15, 0.2) is 45.6 Å². The minimum atomic E-state index is -0.721. The van der Waals surface area contributed by atoms with E-state index in [-0.39, 0.29) is 17.9 Å². The van der Waals surface area contributed by atoms with Gasteiger partial charge in [0, 0.05) is 29.6 Å². The fourth-order valence-corrected chi connectivity index (χ4v) is 3.02. The maximum Gasteiger partial charge on any atom is 0.338 e. The van der Waals surface area contributed by atoms with Crippen LogP contribution >= 0.6 is 0 Å². The number of ether oxygens (including phenoxy) is 1. The van der Waals surface area contributed by atoms with Gasteiger partial charge in [-0.15, -0.1) is 0 Å². The summed E-state index contributed by atoms with van der Waals surface area (Å²) >= 11 is 0. The standard InChI is InChI=1S/C21H20N2O6/c1-4-22-17-8-6-14(9-18(17)23(26)27)21(25)28-11-15-10-19(24)29-20-13(3)12(2)5-7-16(15)20/h5-10,22H,4,11H2,1-3H3. The molecule has 0 aliphatic rings. The lowest BCUT2D eigenvalue weighted by molar-refractivity contribution is -0.384. The number of anilines is 1. The summed E-state index contributed by atoms with van der Waals surface area (Å²) in [4.78, 5) is 35.1. The number of hydrogen-bond acceptors (Lipinski definition) is 7. The van der Waals surface area contributed by atoms with Crippen LogP contribution in [0.3, 0.4) is 0 Å². The molecule has 0 spiro atoms. The average molecular weight is 396 g/mol. The van der Waals surface area contributed by atoms with Gasteiger partial charge in [0.25, 0.3) is 5.69 Å². The van der Waals surface area contributed by atoms with Gasteiger partial charge in [0.05, 0.1) is 10.5 Å². The normalized spacial score (nSPS) is 10.7. The Morgan fingerprint density at radius 3 is 2.66 bits per heavy atom. The third-order valence-electron chi connectivity index (χ3n) is 4.67. The number of nitrogens with one attached hydrogen (secondary N) is 1. The molecule has 29 heavy (non-hydrogen) atoms. The number of nitro benzene ring substituents is 1. The molecule has 1 N–H and O–H groups in total. The number of carbonyl (C=O) groups excluding carboxylic acids is 1. The lowest BCUT2D eigenvalue weighted by Crippen LogP contribution is -2.09. The maximum atomic E-state index is 12.4. The average Bonchev–Trinajstić information content (AvgIpc) is 2.69. The highest BCUT2D eigenvalue weighted by molar-refractivity contribution is 5.91. The second-order valence-electron chi connectivity index (χ2n) is 6.57. The monoisotopic (exact) mass is 396 g/mol. The van der Waals surface area contributed by atoms with Crippen LogP contribution in [-0.4, -0.2) is 17.4 Å². The van der Waals surface area contributed by atoms with Crippen molar-refractivity contribution in [1.29, 1.82) is 0 Å². The van der Waals surface area contributed by atoms with Crippen molar-refractivity contribution < 1.29 is 18.9 Å². The highest BCUT2D eigenvalue weighted by Gasteiger charge is 2.19. The number of fused-ring (bicyclic) bond motifs is 1. The molecule has 1 aromatic heterocycles. The summed E-state index contributed by atoms with van der Waals surface area (Å²) in [5, 5.41) is 14.8. The molecule has 8 nitrogen and oxygen atoms in total. The van der Waals surface area contributed by atoms with Crippen molar-refractivity contribution in [2.24, 2.45) is 0 Å². The quantitative estimate of drug-likeness (QED) is 0.289. The van der Waals surface area contributed by atoms with E-state index in [4.69, 9.17) is 9.15 Å². The van der Waals surface area contributed by atoms with Crippen molar-refractivity contribution in [2.45, 2.75) is 27.4 Å². The summed E-state index contributed by atoms with van der Waals surface area (Å²) in [5.41, 5.74) is 2.40. The molecule has 0 aliphatic heterocycles. The van der Waals surface area contributed by atoms with Gasteiger partial charge >= 0.3 is 11.6 Å². The number of esters is 1. The van der Waals surface area contributed by atoms with Crippen molar-refractivity contribution in [3.63, 3.8) is 0 Å². The Bertz CT molecular complexity index is 1170. The molecule has 3 rings (SSSR count). The SMILES string of the molecule is CCNc1ccc(C(=O)OCc2cc(=O)oc3c(C)c(C)ccc23)cc1[N+](=O)[O-]. The fourth-order valence-electron chi connectivity index (χ4n) is 3.02. The smallest absolute Gasteiger partial charge is 0.338 e. The van der Waals surface area contributed by atoms with E-state index >= 15 is 0 Å². The topological polar surface area (TPSA) is 112 Å². The molecule has 0 unspecified atom stereocenters. The van der Waals surface area contributed by atoms with Gasteiger partial charge in [-0.2, -0.15) is 0 Å². The summed E-state index contributed by atoms with van der Waals surface area (Å²) in [6, 6.07) is 9.08. The van der Waals surface area contributed by atoms with E-state index in [2.05, 4.69) is 5.32 Å². The minimum Gasteiger partial charge on any atom is -0.457 e. The van der Waals surface area contributed by atoms with Crippen LogP contribution in [0, 0.1) is 24.0 Å². The lowest BCUT2D eigenvalue weighted by atomic mass is 10.0. The number of carbonyl (C=O) groups is 1. The Morgan fingerprint density at radius 2 is 1.97 bits per heavy atom. The van der Waals surface area contributed by atoms with Gasteiger partial charge in [0.15, 0.2) is 0 Å². The van der Waals surface area contributed by atoms with Crippen molar-refractivity contribution >= 4 is 28.3 Å². The summed E-state index contributed by atoms with van der Waals surface area (Å²) < 4.78 is 10.6. The predicted molar refractivity (Wildman–Crippen MR) is 108 cm³/mol. The van der Waals surface area contributed by atoms with Gasteiger partial charge < -0.3 is 14.5 Å². The van der Waals surface area contributed by atoms with E-state index in [9.17, 15) is 19.7 Å². The zero-order valence-corrected chi connectivity index (χ0v) is 16.3. The highest BCUT2D eigenvalue weighted by Crippen LogP contribution is 2.27. The second-order valence-corrected chi connectivity index (χ2v) is 6.57. The molecular weight excluding hydrogens is 376 g/mol. The van der Waals surface area contributed by atoms with Crippen molar-refractivity contribution in [3.8, 4) is 0 Å². The molecule has 0 saturated heterocycles. The van der Waals surface area contributed by atoms with Crippen LogP contribution in [0.2, 0.25) is 0 Å². The highest BCUT2D eigenvalue weighted by atomic mass is 16.6. The van der Waals surface area contributed by atoms with Crippen LogP contribution in [0.4, 0.5) is 11.4 Å². The minimum absolute atomic E-state index is 0.0534. The van der Waals surface area contributed by atoms with E-state index in [1.165, 1.54) is 24.3 Å². The molecule has 0 fully saturated rings. The van der Waals surface area contributed by atoms with Crippen molar-refractivity contribution in [2.75, 3.05) is 11.9 Å². The zero-order valence-electron chi connectivity index (χ0n) is 16.3. The largest absolute Gasteiger partial charge is 0.457 e. The van der Waals surface area contributed by atoms with E-state index in [1.54, 1.807) is 6.07 Å². The number of nitro groups is 1. The molecule has 3 aromatic rings. The Hall–Kier alpha value is -3.68. The van der Waals surface area contributed by atoms with Gasteiger partial charge in [-0.25, -0.2) is 9.59 Å².